The summed E-state index contributed by atoms with van der Waals surface area (Å²) in [5.41, 5.74) is 8.25. The predicted octanol–water partition coefficient (Wildman–Crippen LogP) is 3.81. The van der Waals surface area contributed by atoms with Gasteiger partial charge in [-0.25, -0.2) is 0 Å². The highest BCUT2D eigenvalue weighted by Crippen LogP contribution is 2.21. The number of nitriles is 1. The number of hydrogen-bond donors (Lipinski definition) is 1. The summed E-state index contributed by atoms with van der Waals surface area (Å²) in [5.74, 6) is 0.759. The van der Waals surface area contributed by atoms with E-state index in [0.717, 1.165) is 16.9 Å². The van der Waals surface area contributed by atoms with Crippen LogP contribution in [-0.2, 0) is 6.61 Å². The molecule has 0 saturated heterocycles. The van der Waals surface area contributed by atoms with Gasteiger partial charge in [0.05, 0.1) is 11.6 Å². The van der Waals surface area contributed by atoms with Gasteiger partial charge < -0.3 is 10.5 Å². The molecule has 2 aromatic rings. The Bertz CT molecular complexity index is 630. The van der Waals surface area contributed by atoms with E-state index in [2.05, 4.69) is 0 Å². The predicted molar refractivity (Wildman–Crippen MR) is 79.5 cm³/mol. The maximum Gasteiger partial charge on any atom is 0.119 e. The molecular weight excluding hydrogens is 272 g/mol. The van der Waals surface area contributed by atoms with Crippen LogP contribution in [-0.4, -0.2) is 0 Å². The zero-order valence-corrected chi connectivity index (χ0v) is 11.9. The number of hydrogen-bond acceptors (Lipinski definition) is 3. The Morgan fingerprint density at radius 1 is 1.25 bits per heavy atom. The van der Waals surface area contributed by atoms with Crippen LogP contribution in [0.25, 0.3) is 0 Å². The summed E-state index contributed by atoms with van der Waals surface area (Å²) < 4.78 is 5.67. The minimum Gasteiger partial charge on any atom is -0.489 e. The van der Waals surface area contributed by atoms with Crippen LogP contribution in [0.15, 0.2) is 42.5 Å². The molecule has 0 aromatic heterocycles. The minimum atomic E-state index is 0.0111. The molecule has 1 atom stereocenters. The van der Waals surface area contributed by atoms with E-state index in [1.807, 2.05) is 37.3 Å². The first kappa shape index (κ1) is 14.4. The van der Waals surface area contributed by atoms with Crippen LogP contribution < -0.4 is 10.5 Å². The van der Waals surface area contributed by atoms with Gasteiger partial charge in [0, 0.05) is 16.6 Å². The number of nitrogens with two attached hydrogens (primary N) is 1. The lowest BCUT2D eigenvalue weighted by Crippen LogP contribution is -2.04. The first-order valence-corrected chi connectivity index (χ1v) is 6.65. The molecule has 0 saturated carbocycles. The third-order valence-electron chi connectivity index (χ3n) is 2.98. The molecule has 0 radical (unpaired) electrons. The van der Waals surface area contributed by atoms with Crippen LogP contribution in [0.3, 0.4) is 0 Å². The van der Waals surface area contributed by atoms with E-state index in [0.29, 0.717) is 17.2 Å². The Morgan fingerprint density at radius 3 is 2.50 bits per heavy atom. The first-order chi connectivity index (χ1) is 9.60. The maximum absolute atomic E-state index is 8.78. The van der Waals surface area contributed by atoms with Crippen molar-refractivity contribution in [1.82, 2.24) is 0 Å². The third-order valence-corrected chi connectivity index (χ3v) is 3.33. The fourth-order valence-corrected chi connectivity index (χ4v) is 2.00. The van der Waals surface area contributed by atoms with E-state index in [4.69, 9.17) is 27.3 Å². The van der Waals surface area contributed by atoms with Gasteiger partial charge in [-0.2, -0.15) is 5.26 Å². The lowest BCUT2D eigenvalue weighted by atomic mass is 10.1. The van der Waals surface area contributed by atoms with Crippen molar-refractivity contribution in [1.29, 1.82) is 5.26 Å². The van der Waals surface area contributed by atoms with E-state index < -0.39 is 0 Å². The van der Waals surface area contributed by atoms with E-state index in [9.17, 15) is 0 Å². The molecule has 3 nitrogen and oxygen atoms in total. The van der Waals surface area contributed by atoms with Gasteiger partial charge in [0.1, 0.15) is 12.4 Å². The van der Waals surface area contributed by atoms with Crippen molar-refractivity contribution in [3.05, 3.63) is 64.2 Å². The lowest BCUT2D eigenvalue weighted by Gasteiger charge is -2.10. The molecule has 0 aliphatic rings. The van der Waals surface area contributed by atoms with Crippen LogP contribution >= 0.6 is 11.6 Å². The highest BCUT2D eigenvalue weighted by molar-refractivity contribution is 6.31. The van der Waals surface area contributed by atoms with Gasteiger partial charge in [-0.1, -0.05) is 29.8 Å². The number of rotatable bonds is 4. The van der Waals surface area contributed by atoms with Crippen LogP contribution in [0.5, 0.6) is 5.75 Å². The summed E-state index contributed by atoms with van der Waals surface area (Å²) >= 11 is 6.09. The summed E-state index contributed by atoms with van der Waals surface area (Å²) in [6.07, 6.45) is 0. The van der Waals surface area contributed by atoms with E-state index in [1.54, 1.807) is 18.2 Å². The molecule has 2 N–H and O–H groups in total. The van der Waals surface area contributed by atoms with Gasteiger partial charge in [-0.3, -0.25) is 0 Å². The number of benzene rings is 2. The second kappa shape index (κ2) is 6.42. The SMILES string of the molecule is C[C@@H](N)c1ccc(OCc2ccc(C#N)cc2Cl)cc1. The number of nitrogens with zero attached hydrogens (tertiary/aromatic N) is 1. The molecule has 102 valence electrons. The van der Waals surface area contributed by atoms with Gasteiger partial charge in [-0.05, 0) is 36.8 Å². The van der Waals surface area contributed by atoms with Crippen molar-refractivity contribution in [2.75, 3.05) is 0 Å². The highest BCUT2D eigenvalue weighted by atomic mass is 35.5. The van der Waals surface area contributed by atoms with Gasteiger partial charge in [0.15, 0.2) is 0 Å². The van der Waals surface area contributed by atoms with Gasteiger partial charge in [0.2, 0.25) is 0 Å². The van der Waals surface area contributed by atoms with Crippen molar-refractivity contribution in [3.8, 4) is 11.8 Å². The average molecular weight is 287 g/mol. The van der Waals surface area contributed by atoms with Gasteiger partial charge >= 0.3 is 0 Å². The van der Waals surface area contributed by atoms with Crippen LogP contribution in [0.4, 0.5) is 0 Å². The molecule has 0 spiro atoms. The van der Waals surface area contributed by atoms with E-state index >= 15 is 0 Å². The van der Waals surface area contributed by atoms with E-state index in [-0.39, 0.29) is 6.04 Å². The molecule has 0 aliphatic carbocycles. The van der Waals surface area contributed by atoms with Gasteiger partial charge in [0.25, 0.3) is 0 Å². The third kappa shape index (κ3) is 3.51. The number of ether oxygens (including phenoxy) is 1. The summed E-state index contributed by atoms with van der Waals surface area (Å²) in [5, 5.41) is 9.32. The smallest absolute Gasteiger partial charge is 0.119 e. The second-order valence-electron chi connectivity index (χ2n) is 4.56. The van der Waals surface area contributed by atoms with Crippen molar-refractivity contribution in [3.63, 3.8) is 0 Å². The topological polar surface area (TPSA) is 59.0 Å². The summed E-state index contributed by atoms with van der Waals surface area (Å²) in [4.78, 5) is 0. The Hall–Kier alpha value is -2.02. The molecule has 20 heavy (non-hydrogen) atoms. The fraction of sp³-hybridized carbons (Fsp3) is 0.188. The van der Waals surface area contributed by atoms with E-state index in [1.165, 1.54) is 0 Å². The summed E-state index contributed by atoms with van der Waals surface area (Å²) in [6, 6.07) is 14.9. The number of halogens is 1. The Labute approximate surface area is 123 Å². The summed E-state index contributed by atoms with van der Waals surface area (Å²) in [7, 11) is 0. The molecule has 0 amide bonds. The fourth-order valence-electron chi connectivity index (χ4n) is 1.76. The van der Waals surface area contributed by atoms with Crippen LogP contribution in [0.2, 0.25) is 5.02 Å². The Morgan fingerprint density at radius 2 is 1.95 bits per heavy atom. The zero-order valence-electron chi connectivity index (χ0n) is 11.1. The Balaban J connectivity index is 2.03. The lowest BCUT2D eigenvalue weighted by molar-refractivity contribution is 0.306. The summed E-state index contributed by atoms with van der Waals surface area (Å²) in [6.45, 7) is 2.30. The zero-order chi connectivity index (χ0) is 14.5. The van der Waals surface area contributed by atoms with Crippen LogP contribution in [0, 0.1) is 11.3 Å². The quantitative estimate of drug-likeness (QED) is 0.930. The molecule has 0 unspecified atom stereocenters. The first-order valence-electron chi connectivity index (χ1n) is 6.27. The molecule has 0 aliphatic heterocycles. The molecule has 4 heteroatoms. The Kier molecular flexibility index (Phi) is 4.62. The molecule has 0 bridgehead atoms. The molecule has 2 aromatic carbocycles. The minimum absolute atomic E-state index is 0.0111. The molecule has 0 fully saturated rings. The van der Waals surface area contributed by atoms with Crippen molar-refractivity contribution in [2.24, 2.45) is 5.73 Å². The normalized spacial score (nSPS) is 11.7. The van der Waals surface area contributed by atoms with Gasteiger partial charge in [-0.15, -0.1) is 0 Å². The highest BCUT2D eigenvalue weighted by Gasteiger charge is 2.04. The molecular formula is C16H15ClN2O. The van der Waals surface area contributed by atoms with Crippen LogP contribution in [0.1, 0.15) is 29.7 Å². The monoisotopic (exact) mass is 286 g/mol. The van der Waals surface area contributed by atoms with Crippen molar-refractivity contribution >= 4 is 11.6 Å². The molecule has 0 heterocycles. The maximum atomic E-state index is 8.78. The average Bonchev–Trinajstić information content (AvgIpc) is 2.46. The van der Waals surface area contributed by atoms with Crippen molar-refractivity contribution in [2.45, 2.75) is 19.6 Å². The standard InChI is InChI=1S/C16H15ClN2O/c1-11(19)13-4-6-15(7-5-13)20-10-14-3-2-12(9-18)8-16(14)17/h2-8,11H,10,19H2,1H3/t11-/m1/s1. The molecule has 2 rings (SSSR count). The largest absolute Gasteiger partial charge is 0.489 e. The second-order valence-corrected chi connectivity index (χ2v) is 4.97. The van der Waals surface area contributed by atoms with Crippen molar-refractivity contribution < 1.29 is 4.74 Å².